The molecule has 0 aliphatic rings. The van der Waals surface area contributed by atoms with Crippen LogP contribution in [-0.4, -0.2) is 10.2 Å². The monoisotopic (exact) mass is 190 g/mol. The van der Waals surface area contributed by atoms with E-state index in [-0.39, 0.29) is 5.75 Å². The molecule has 0 saturated carbocycles. The SMILES string of the molecule is C#CCCC(C)(O)c1ccc(O)cc1. The summed E-state index contributed by atoms with van der Waals surface area (Å²) in [6.45, 7) is 1.72. The Labute approximate surface area is 84.2 Å². The molecule has 1 rings (SSSR count). The minimum Gasteiger partial charge on any atom is -0.508 e. The van der Waals surface area contributed by atoms with Crippen LogP contribution in [0.3, 0.4) is 0 Å². The standard InChI is InChI=1S/C12H14O2/c1-3-4-9-12(2,14)10-5-7-11(13)8-6-10/h1,5-8,13-14H,4,9H2,2H3. The number of phenols is 1. The van der Waals surface area contributed by atoms with Crippen molar-refractivity contribution in [3.05, 3.63) is 29.8 Å². The van der Waals surface area contributed by atoms with E-state index in [9.17, 15) is 5.11 Å². The first-order chi connectivity index (χ1) is 6.56. The summed E-state index contributed by atoms with van der Waals surface area (Å²) < 4.78 is 0. The lowest BCUT2D eigenvalue weighted by molar-refractivity contribution is 0.0493. The maximum Gasteiger partial charge on any atom is 0.115 e. The average molecular weight is 190 g/mol. The highest BCUT2D eigenvalue weighted by Gasteiger charge is 2.21. The van der Waals surface area contributed by atoms with Crippen LogP contribution in [-0.2, 0) is 5.60 Å². The molecule has 0 aliphatic heterocycles. The summed E-state index contributed by atoms with van der Waals surface area (Å²) in [6.07, 6.45) is 6.19. The number of terminal acetylenes is 1. The maximum atomic E-state index is 10.0. The molecule has 0 heterocycles. The molecule has 0 radical (unpaired) electrons. The van der Waals surface area contributed by atoms with Crippen molar-refractivity contribution in [1.82, 2.24) is 0 Å². The Morgan fingerprint density at radius 1 is 1.36 bits per heavy atom. The van der Waals surface area contributed by atoms with Gasteiger partial charge >= 0.3 is 0 Å². The summed E-state index contributed by atoms with van der Waals surface area (Å²) in [7, 11) is 0. The first-order valence-corrected chi connectivity index (χ1v) is 4.51. The highest BCUT2D eigenvalue weighted by atomic mass is 16.3. The number of phenolic OH excluding ortho intramolecular Hbond substituents is 1. The minimum absolute atomic E-state index is 0.196. The van der Waals surface area contributed by atoms with Gasteiger partial charge in [0.25, 0.3) is 0 Å². The molecule has 1 aromatic rings. The fourth-order valence-corrected chi connectivity index (χ4v) is 1.28. The number of hydrogen-bond acceptors (Lipinski definition) is 2. The Morgan fingerprint density at radius 3 is 2.43 bits per heavy atom. The van der Waals surface area contributed by atoms with Crippen LogP contribution < -0.4 is 0 Å². The van der Waals surface area contributed by atoms with Gasteiger partial charge in [-0.15, -0.1) is 12.3 Å². The zero-order valence-corrected chi connectivity index (χ0v) is 8.20. The third-order valence-corrected chi connectivity index (χ3v) is 2.25. The van der Waals surface area contributed by atoms with Crippen LogP contribution in [0, 0.1) is 12.3 Å². The molecule has 74 valence electrons. The zero-order valence-electron chi connectivity index (χ0n) is 8.20. The van der Waals surface area contributed by atoms with Crippen LogP contribution in [0.2, 0.25) is 0 Å². The first-order valence-electron chi connectivity index (χ1n) is 4.51. The lowest BCUT2D eigenvalue weighted by Gasteiger charge is -2.22. The topological polar surface area (TPSA) is 40.5 Å². The van der Waals surface area contributed by atoms with Crippen LogP contribution in [0.4, 0.5) is 0 Å². The second-order valence-corrected chi connectivity index (χ2v) is 3.52. The molecule has 0 fully saturated rings. The van der Waals surface area contributed by atoms with Crippen LogP contribution >= 0.6 is 0 Å². The van der Waals surface area contributed by atoms with Gasteiger partial charge in [0.15, 0.2) is 0 Å². The molecule has 0 bridgehead atoms. The first kappa shape index (κ1) is 10.6. The van der Waals surface area contributed by atoms with Crippen molar-refractivity contribution < 1.29 is 10.2 Å². The fourth-order valence-electron chi connectivity index (χ4n) is 1.28. The van der Waals surface area contributed by atoms with E-state index in [0.29, 0.717) is 12.8 Å². The summed E-state index contributed by atoms with van der Waals surface area (Å²) in [5.74, 6) is 2.69. The summed E-state index contributed by atoms with van der Waals surface area (Å²) in [5, 5.41) is 19.1. The molecule has 2 N–H and O–H groups in total. The molecule has 0 spiro atoms. The quantitative estimate of drug-likeness (QED) is 0.716. The Balaban J connectivity index is 2.82. The van der Waals surface area contributed by atoms with Gasteiger partial charge in [0.1, 0.15) is 5.75 Å². The molecule has 2 heteroatoms. The van der Waals surface area contributed by atoms with E-state index in [1.165, 1.54) is 0 Å². The Hall–Kier alpha value is -1.46. The van der Waals surface area contributed by atoms with E-state index >= 15 is 0 Å². The average Bonchev–Trinajstić information content (AvgIpc) is 2.16. The van der Waals surface area contributed by atoms with Gasteiger partial charge in [-0.2, -0.15) is 0 Å². The number of hydrogen-bond donors (Lipinski definition) is 2. The highest BCUT2D eigenvalue weighted by Crippen LogP contribution is 2.26. The van der Waals surface area contributed by atoms with E-state index in [1.54, 1.807) is 31.2 Å². The predicted molar refractivity (Wildman–Crippen MR) is 55.7 cm³/mol. The van der Waals surface area contributed by atoms with Gasteiger partial charge < -0.3 is 10.2 Å². The van der Waals surface area contributed by atoms with Gasteiger partial charge in [0.2, 0.25) is 0 Å². The van der Waals surface area contributed by atoms with Crippen molar-refractivity contribution >= 4 is 0 Å². The van der Waals surface area contributed by atoms with E-state index < -0.39 is 5.60 Å². The van der Waals surface area contributed by atoms with Crippen molar-refractivity contribution in [2.75, 3.05) is 0 Å². The second-order valence-electron chi connectivity index (χ2n) is 3.52. The minimum atomic E-state index is -0.917. The summed E-state index contributed by atoms with van der Waals surface area (Å²) in [4.78, 5) is 0. The Bertz CT molecular complexity index is 330. The van der Waals surface area contributed by atoms with Crippen LogP contribution in [0.25, 0.3) is 0 Å². The predicted octanol–water partition coefficient (Wildman–Crippen LogP) is 2.01. The second kappa shape index (κ2) is 4.17. The molecular formula is C12H14O2. The lowest BCUT2D eigenvalue weighted by atomic mass is 9.91. The number of rotatable bonds is 3. The molecule has 0 aliphatic carbocycles. The van der Waals surface area contributed by atoms with Crippen molar-refractivity contribution in [1.29, 1.82) is 0 Å². The van der Waals surface area contributed by atoms with E-state index in [4.69, 9.17) is 11.5 Å². The van der Waals surface area contributed by atoms with Gasteiger partial charge in [-0.1, -0.05) is 12.1 Å². The highest BCUT2D eigenvalue weighted by molar-refractivity contribution is 5.29. The molecule has 0 saturated heterocycles. The maximum absolute atomic E-state index is 10.0. The van der Waals surface area contributed by atoms with Gasteiger partial charge in [0, 0.05) is 6.42 Å². The summed E-state index contributed by atoms with van der Waals surface area (Å²) in [5.41, 5.74) is -0.148. The normalized spacial score (nSPS) is 14.4. The van der Waals surface area contributed by atoms with Crippen LogP contribution in [0.5, 0.6) is 5.75 Å². The van der Waals surface area contributed by atoms with Gasteiger partial charge in [-0.05, 0) is 31.0 Å². The molecule has 1 unspecified atom stereocenters. The molecule has 0 amide bonds. The molecular weight excluding hydrogens is 176 g/mol. The third kappa shape index (κ3) is 2.51. The van der Waals surface area contributed by atoms with Crippen LogP contribution in [0.1, 0.15) is 25.3 Å². The number of aromatic hydroxyl groups is 1. The molecule has 1 aromatic carbocycles. The summed E-state index contributed by atoms with van der Waals surface area (Å²) >= 11 is 0. The lowest BCUT2D eigenvalue weighted by Crippen LogP contribution is -2.20. The summed E-state index contributed by atoms with van der Waals surface area (Å²) in [6, 6.07) is 6.51. The van der Waals surface area contributed by atoms with E-state index in [1.807, 2.05) is 0 Å². The number of aliphatic hydroxyl groups is 1. The van der Waals surface area contributed by atoms with Crippen molar-refractivity contribution in [3.8, 4) is 18.1 Å². The molecule has 2 nitrogen and oxygen atoms in total. The Morgan fingerprint density at radius 2 is 1.93 bits per heavy atom. The van der Waals surface area contributed by atoms with Crippen molar-refractivity contribution in [3.63, 3.8) is 0 Å². The molecule has 14 heavy (non-hydrogen) atoms. The third-order valence-electron chi connectivity index (χ3n) is 2.25. The van der Waals surface area contributed by atoms with E-state index in [0.717, 1.165) is 5.56 Å². The molecule has 0 aromatic heterocycles. The largest absolute Gasteiger partial charge is 0.508 e. The smallest absolute Gasteiger partial charge is 0.115 e. The number of benzene rings is 1. The van der Waals surface area contributed by atoms with Gasteiger partial charge in [-0.3, -0.25) is 0 Å². The van der Waals surface area contributed by atoms with E-state index in [2.05, 4.69) is 5.92 Å². The van der Waals surface area contributed by atoms with Gasteiger partial charge in [-0.25, -0.2) is 0 Å². The Kier molecular flexibility index (Phi) is 3.16. The van der Waals surface area contributed by atoms with Crippen LogP contribution in [0.15, 0.2) is 24.3 Å². The van der Waals surface area contributed by atoms with Crippen molar-refractivity contribution in [2.24, 2.45) is 0 Å². The van der Waals surface area contributed by atoms with Crippen molar-refractivity contribution in [2.45, 2.75) is 25.4 Å². The fraction of sp³-hybridized carbons (Fsp3) is 0.333. The molecule has 1 atom stereocenters. The zero-order chi connectivity index (χ0) is 10.6. The van der Waals surface area contributed by atoms with Gasteiger partial charge in [0.05, 0.1) is 5.60 Å².